The molecule has 1 aliphatic rings. The van der Waals surface area contributed by atoms with E-state index < -0.39 is 0 Å². The highest BCUT2D eigenvalue weighted by atomic mass is 79.9. The highest BCUT2D eigenvalue weighted by molar-refractivity contribution is 9.10. The van der Waals surface area contributed by atoms with E-state index in [0.29, 0.717) is 6.61 Å². The second-order valence-corrected chi connectivity index (χ2v) is 6.97. The van der Waals surface area contributed by atoms with Gasteiger partial charge < -0.3 is 10.5 Å². The van der Waals surface area contributed by atoms with Gasteiger partial charge in [0.15, 0.2) is 0 Å². The summed E-state index contributed by atoms with van der Waals surface area (Å²) in [7, 11) is 0. The van der Waals surface area contributed by atoms with E-state index in [1.807, 2.05) is 18.2 Å². The fraction of sp³-hybridized carbons (Fsp3) is 0.368. The summed E-state index contributed by atoms with van der Waals surface area (Å²) in [6, 6.07) is 16.7. The average molecular weight is 360 g/mol. The topological polar surface area (TPSA) is 35.2 Å². The van der Waals surface area contributed by atoms with Crippen LogP contribution in [0.5, 0.6) is 5.75 Å². The van der Waals surface area contributed by atoms with Gasteiger partial charge in [0.2, 0.25) is 0 Å². The lowest BCUT2D eigenvalue weighted by Crippen LogP contribution is -2.31. The molecule has 3 heteroatoms. The quantitative estimate of drug-likeness (QED) is 0.831. The van der Waals surface area contributed by atoms with E-state index in [2.05, 4.69) is 46.3 Å². The Morgan fingerprint density at radius 1 is 1.05 bits per heavy atom. The molecule has 0 heterocycles. The van der Waals surface area contributed by atoms with Crippen LogP contribution >= 0.6 is 15.9 Å². The van der Waals surface area contributed by atoms with Crippen LogP contribution in [0.25, 0.3) is 0 Å². The molecule has 2 aromatic rings. The lowest BCUT2D eigenvalue weighted by atomic mass is 9.79. The van der Waals surface area contributed by atoms with E-state index in [9.17, 15) is 0 Å². The minimum atomic E-state index is 0.167. The molecule has 22 heavy (non-hydrogen) atoms. The maximum Gasteiger partial charge on any atom is 0.134 e. The highest BCUT2D eigenvalue weighted by Crippen LogP contribution is 2.42. The molecule has 0 spiro atoms. The first-order valence-electron chi connectivity index (χ1n) is 7.90. The molecule has 1 saturated carbocycles. The van der Waals surface area contributed by atoms with Crippen LogP contribution in [0.4, 0.5) is 0 Å². The van der Waals surface area contributed by atoms with Crippen molar-refractivity contribution in [3.63, 3.8) is 0 Å². The van der Waals surface area contributed by atoms with Crippen molar-refractivity contribution in [3.8, 4) is 5.75 Å². The second kappa shape index (κ2) is 6.84. The zero-order valence-corrected chi connectivity index (χ0v) is 14.3. The van der Waals surface area contributed by atoms with Gasteiger partial charge in [-0.15, -0.1) is 0 Å². The van der Waals surface area contributed by atoms with Gasteiger partial charge in [-0.1, -0.05) is 49.2 Å². The van der Waals surface area contributed by atoms with Crippen LogP contribution in [-0.4, -0.2) is 6.54 Å². The van der Waals surface area contributed by atoms with Gasteiger partial charge in [0, 0.05) is 12.0 Å². The Bertz CT molecular complexity index is 621. The number of benzene rings is 2. The summed E-state index contributed by atoms with van der Waals surface area (Å²) < 4.78 is 6.94. The predicted octanol–water partition coefficient (Wildman–Crippen LogP) is 4.80. The lowest BCUT2D eigenvalue weighted by Gasteiger charge is -2.28. The van der Waals surface area contributed by atoms with E-state index in [1.165, 1.54) is 36.8 Å². The van der Waals surface area contributed by atoms with Crippen LogP contribution in [-0.2, 0) is 12.0 Å². The summed E-state index contributed by atoms with van der Waals surface area (Å²) >= 11 is 3.66. The first-order chi connectivity index (χ1) is 10.7. The summed E-state index contributed by atoms with van der Waals surface area (Å²) in [5.74, 6) is 0.887. The molecule has 0 amide bonds. The molecule has 0 atom stereocenters. The molecule has 0 bridgehead atoms. The number of halogens is 1. The number of nitrogens with two attached hydrogens (primary N) is 1. The smallest absolute Gasteiger partial charge is 0.134 e. The van der Waals surface area contributed by atoms with Crippen molar-refractivity contribution in [1.29, 1.82) is 0 Å². The molecule has 0 unspecified atom stereocenters. The third-order valence-electron chi connectivity index (χ3n) is 4.73. The van der Waals surface area contributed by atoms with E-state index >= 15 is 0 Å². The van der Waals surface area contributed by atoms with Gasteiger partial charge in [0.05, 0.1) is 4.47 Å². The first kappa shape index (κ1) is 15.6. The summed E-state index contributed by atoms with van der Waals surface area (Å²) in [5.41, 5.74) is 8.76. The molecule has 2 N–H and O–H groups in total. The minimum Gasteiger partial charge on any atom is -0.488 e. The Kier molecular flexibility index (Phi) is 4.84. The largest absolute Gasteiger partial charge is 0.488 e. The fourth-order valence-corrected chi connectivity index (χ4v) is 3.84. The Morgan fingerprint density at radius 3 is 2.41 bits per heavy atom. The molecule has 2 nitrogen and oxygen atoms in total. The highest BCUT2D eigenvalue weighted by Gasteiger charge is 2.34. The minimum absolute atomic E-state index is 0.167. The molecule has 0 radical (unpaired) electrons. The molecule has 3 rings (SSSR count). The molecule has 1 aliphatic carbocycles. The summed E-state index contributed by atoms with van der Waals surface area (Å²) in [4.78, 5) is 0. The molecular formula is C19H22BrNO. The molecule has 0 aromatic heterocycles. The summed E-state index contributed by atoms with van der Waals surface area (Å²) in [6.07, 6.45) is 4.95. The van der Waals surface area contributed by atoms with Gasteiger partial charge in [-0.25, -0.2) is 0 Å². The lowest BCUT2D eigenvalue weighted by molar-refractivity contribution is 0.304. The number of hydrogen-bond acceptors (Lipinski definition) is 2. The first-order valence-corrected chi connectivity index (χ1v) is 8.70. The van der Waals surface area contributed by atoms with Crippen LogP contribution in [0.1, 0.15) is 36.8 Å². The third-order valence-corrected chi connectivity index (χ3v) is 5.35. The normalized spacial score (nSPS) is 16.6. The van der Waals surface area contributed by atoms with E-state index in [0.717, 1.165) is 16.8 Å². The Balaban J connectivity index is 1.75. The predicted molar refractivity (Wildman–Crippen MR) is 94.1 cm³/mol. The van der Waals surface area contributed by atoms with Gasteiger partial charge in [-0.05, 0) is 52.0 Å². The van der Waals surface area contributed by atoms with Crippen LogP contribution in [0.2, 0.25) is 0 Å². The Labute approximate surface area is 140 Å². The van der Waals surface area contributed by atoms with Crippen LogP contribution in [0, 0.1) is 0 Å². The molecule has 0 saturated heterocycles. The van der Waals surface area contributed by atoms with Gasteiger partial charge in [-0.3, -0.25) is 0 Å². The third kappa shape index (κ3) is 3.21. The van der Waals surface area contributed by atoms with Crippen molar-refractivity contribution in [2.75, 3.05) is 6.54 Å². The standard InChI is InChI=1S/C19H22BrNO/c20-17-12-16(19(14-21)10-4-5-11-19)8-9-18(17)22-13-15-6-2-1-3-7-15/h1-3,6-9,12H,4-5,10-11,13-14,21H2. The average Bonchev–Trinajstić information content (AvgIpc) is 3.05. The van der Waals surface area contributed by atoms with Gasteiger partial charge in [-0.2, -0.15) is 0 Å². The van der Waals surface area contributed by atoms with Crippen molar-refractivity contribution < 1.29 is 4.74 Å². The maximum absolute atomic E-state index is 6.08. The fourth-order valence-electron chi connectivity index (χ4n) is 3.35. The van der Waals surface area contributed by atoms with E-state index in [1.54, 1.807) is 0 Å². The molecule has 116 valence electrons. The molecule has 1 fully saturated rings. The number of ether oxygens (including phenoxy) is 1. The Hall–Kier alpha value is -1.32. The second-order valence-electron chi connectivity index (χ2n) is 6.11. The van der Waals surface area contributed by atoms with Gasteiger partial charge >= 0.3 is 0 Å². The summed E-state index contributed by atoms with van der Waals surface area (Å²) in [5, 5.41) is 0. The maximum atomic E-state index is 6.08. The number of hydrogen-bond donors (Lipinski definition) is 1. The van der Waals surface area contributed by atoms with E-state index in [4.69, 9.17) is 10.5 Å². The van der Waals surface area contributed by atoms with Crippen LogP contribution in [0.3, 0.4) is 0 Å². The van der Waals surface area contributed by atoms with Crippen molar-refractivity contribution in [1.82, 2.24) is 0 Å². The van der Waals surface area contributed by atoms with Gasteiger partial charge in [0.25, 0.3) is 0 Å². The monoisotopic (exact) mass is 359 g/mol. The van der Waals surface area contributed by atoms with Gasteiger partial charge in [0.1, 0.15) is 12.4 Å². The van der Waals surface area contributed by atoms with Crippen molar-refractivity contribution in [2.24, 2.45) is 5.73 Å². The van der Waals surface area contributed by atoms with Crippen LogP contribution in [0.15, 0.2) is 53.0 Å². The molecule has 0 aliphatic heterocycles. The SMILES string of the molecule is NCC1(c2ccc(OCc3ccccc3)c(Br)c2)CCCC1. The zero-order valence-electron chi connectivity index (χ0n) is 12.7. The van der Waals surface area contributed by atoms with Crippen molar-refractivity contribution in [2.45, 2.75) is 37.7 Å². The van der Waals surface area contributed by atoms with E-state index in [-0.39, 0.29) is 5.41 Å². The Morgan fingerprint density at radius 2 is 1.77 bits per heavy atom. The van der Waals surface area contributed by atoms with Crippen LogP contribution < -0.4 is 10.5 Å². The van der Waals surface area contributed by atoms with Crippen molar-refractivity contribution in [3.05, 3.63) is 64.1 Å². The number of rotatable bonds is 5. The zero-order chi connectivity index (χ0) is 15.4. The van der Waals surface area contributed by atoms with Crippen molar-refractivity contribution >= 4 is 15.9 Å². The molecule has 2 aromatic carbocycles. The molecular weight excluding hydrogens is 338 g/mol. The summed E-state index contributed by atoms with van der Waals surface area (Å²) in [6.45, 7) is 1.31.